The van der Waals surface area contributed by atoms with Crippen molar-refractivity contribution < 1.29 is 18.7 Å². The largest absolute Gasteiger partial charge is 0.368 e. The van der Waals surface area contributed by atoms with Gasteiger partial charge >= 0.3 is 0 Å². The highest BCUT2D eigenvalue weighted by Crippen LogP contribution is 2.52. The molecule has 1 saturated carbocycles. The number of pyridine rings is 2. The zero-order valence-corrected chi connectivity index (χ0v) is 32.7. The maximum Gasteiger partial charge on any atom is 0.251 e. The van der Waals surface area contributed by atoms with Crippen LogP contribution in [0.4, 0.5) is 21.6 Å². The van der Waals surface area contributed by atoms with Gasteiger partial charge in [-0.15, -0.1) is 0 Å². The molecule has 1 aromatic carbocycles. The number of likely N-dealkylation sites (tertiary alicyclic amines) is 2. The Bertz CT molecular complexity index is 2090. The molecule has 9 rings (SSSR count). The van der Waals surface area contributed by atoms with Gasteiger partial charge in [-0.05, 0) is 81.2 Å². The van der Waals surface area contributed by atoms with Crippen molar-refractivity contribution in [3.8, 4) is 11.3 Å². The third kappa shape index (κ3) is 6.01. The molecule has 1 spiro atoms. The number of ether oxygens (including phenoxy) is 1. The van der Waals surface area contributed by atoms with E-state index >= 15 is 0 Å². The number of piperidine rings is 2. The summed E-state index contributed by atoms with van der Waals surface area (Å²) in [6, 6.07) is 10.4. The number of aromatic nitrogens is 4. The Morgan fingerprint density at radius 3 is 2.58 bits per heavy atom. The van der Waals surface area contributed by atoms with E-state index in [0.717, 1.165) is 60.2 Å². The van der Waals surface area contributed by atoms with Crippen LogP contribution in [0, 0.1) is 11.2 Å². The molecule has 7 heterocycles. The van der Waals surface area contributed by atoms with E-state index in [1.165, 1.54) is 19.0 Å². The molecule has 3 saturated heterocycles. The molecule has 11 nitrogen and oxygen atoms in total. The fourth-order valence-corrected chi connectivity index (χ4v) is 9.78. The number of carbonyl (C=O) groups is 2. The summed E-state index contributed by atoms with van der Waals surface area (Å²) in [5.41, 5.74) is 4.95. The number of hydrogen-bond donors (Lipinski definition) is 1. The summed E-state index contributed by atoms with van der Waals surface area (Å²) in [5, 5.41) is 3.23. The SMILES string of the molecule is CC(I)n1cnc2cc(-c3ccc4c(c3)N(C3CC(N5CCCC(C)(C)C5)C3)C(=O)C43CCN(C(=O)C4CCO4)CC3)nc(Nc3ccncc3F)c21. The number of imidazole rings is 1. The van der Waals surface area contributed by atoms with Gasteiger partial charge in [0.05, 0.1) is 45.5 Å². The highest BCUT2D eigenvalue weighted by atomic mass is 127. The molecule has 2 amide bonds. The van der Waals surface area contributed by atoms with Crippen LogP contribution in [0.25, 0.3) is 22.3 Å². The van der Waals surface area contributed by atoms with E-state index in [-0.39, 0.29) is 33.7 Å². The minimum absolute atomic E-state index is 0.0483. The first-order valence-corrected chi connectivity index (χ1v) is 20.3. The molecule has 0 radical (unpaired) electrons. The van der Waals surface area contributed by atoms with Gasteiger partial charge in [0.1, 0.15) is 11.6 Å². The van der Waals surface area contributed by atoms with E-state index in [2.05, 4.69) is 81.7 Å². The molecule has 5 aliphatic rings. The van der Waals surface area contributed by atoms with Crippen molar-refractivity contribution in [1.82, 2.24) is 29.3 Å². The second kappa shape index (κ2) is 13.3. The molecule has 278 valence electrons. The third-order valence-electron chi connectivity index (χ3n) is 12.5. The van der Waals surface area contributed by atoms with Gasteiger partial charge in [0, 0.05) is 55.6 Å². The van der Waals surface area contributed by atoms with Crippen LogP contribution in [0.2, 0.25) is 0 Å². The summed E-state index contributed by atoms with van der Waals surface area (Å²) in [7, 11) is 0. The van der Waals surface area contributed by atoms with Gasteiger partial charge in [0.2, 0.25) is 5.91 Å². The summed E-state index contributed by atoms with van der Waals surface area (Å²) < 4.78 is 22.5. The van der Waals surface area contributed by atoms with Crippen molar-refractivity contribution in [2.45, 2.75) is 93.4 Å². The van der Waals surface area contributed by atoms with E-state index in [0.29, 0.717) is 55.5 Å². The summed E-state index contributed by atoms with van der Waals surface area (Å²) in [6.45, 7) is 10.7. The van der Waals surface area contributed by atoms with Crippen LogP contribution in [0.3, 0.4) is 0 Å². The first-order valence-electron chi connectivity index (χ1n) is 19.0. The van der Waals surface area contributed by atoms with Crippen LogP contribution in [0.5, 0.6) is 0 Å². The highest BCUT2D eigenvalue weighted by Gasteiger charge is 2.56. The minimum Gasteiger partial charge on any atom is -0.368 e. The second-order valence-electron chi connectivity index (χ2n) is 16.4. The van der Waals surface area contributed by atoms with Crippen molar-refractivity contribution >= 4 is 62.6 Å². The van der Waals surface area contributed by atoms with Crippen LogP contribution >= 0.6 is 22.6 Å². The molecule has 1 aliphatic carbocycles. The molecule has 4 aromatic rings. The van der Waals surface area contributed by atoms with Gasteiger partial charge in [-0.25, -0.2) is 14.4 Å². The number of alkyl halides is 1. The Morgan fingerprint density at radius 2 is 1.89 bits per heavy atom. The predicted octanol–water partition coefficient (Wildman–Crippen LogP) is 6.98. The third-order valence-corrected chi connectivity index (χ3v) is 13.1. The number of halogens is 2. The second-order valence-corrected chi connectivity index (χ2v) is 18.2. The number of nitrogens with one attached hydrogen (secondary N) is 1. The van der Waals surface area contributed by atoms with Crippen molar-refractivity contribution in [2.75, 3.05) is 43.0 Å². The lowest BCUT2D eigenvalue weighted by atomic mass is 9.73. The number of carbonyl (C=O) groups excluding carboxylic acids is 2. The van der Waals surface area contributed by atoms with Gasteiger partial charge in [0.15, 0.2) is 11.6 Å². The normalized spacial score (nSPS) is 25.6. The van der Waals surface area contributed by atoms with Crippen molar-refractivity contribution in [3.63, 3.8) is 0 Å². The number of amides is 2. The van der Waals surface area contributed by atoms with E-state index in [4.69, 9.17) is 14.7 Å². The van der Waals surface area contributed by atoms with Gasteiger partial charge in [-0.3, -0.25) is 19.5 Å². The van der Waals surface area contributed by atoms with Gasteiger partial charge in [0.25, 0.3) is 5.91 Å². The van der Waals surface area contributed by atoms with E-state index in [9.17, 15) is 14.0 Å². The number of fused-ring (bicyclic) bond motifs is 3. The fraction of sp³-hybridized carbons (Fsp3) is 0.525. The zero-order valence-electron chi connectivity index (χ0n) is 30.5. The van der Waals surface area contributed by atoms with E-state index < -0.39 is 11.2 Å². The molecular formula is C40H46FIN8O3. The minimum atomic E-state index is -0.679. The lowest BCUT2D eigenvalue weighted by Crippen LogP contribution is -2.60. The van der Waals surface area contributed by atoms with E-state index in [1.54, 1.807) is 18.6 Å². The zero-order chi connectivity index (χ0) is 36.6. The fourth-order valence-electron chi connectivity index (χ4n) is 9.36. The van der Waals surface area contributed by atoms with Crippen molar-refractivity contribution in [3.05, 3.63) is 60.4 Å². The first-order chi connectivity index (χ1) is 25.5. The van der Waals surface area contributed by atoms with Crippen LogP contribution in [-0.4, -0.2) is 92.1 Å². The van der Waals surface area contributed by atoms with Crippen LogP contribution in [-0.2, 0) is 19.7 Å². The molecule has 1 N–H and O–H groups in total. The number of hydrogen-bond acceptors (Lipinski definition) is 8. The topological polar surface area (TPSA) is 109 Å². The van der Waals surface area contributed by atoms with Crippen molar-refractivity contribution in [1.29, 1.82) is 0 Å². The van der Waals surface area contributed by atoms with Gasteiger partial charge in [-0.1, -0.05) is 48.6 Å². The first kappa shape index (κ1) is 35.0. The Balaban J connectivity index is 1.08. The summed E-state index contributed by atoms with van der Waals surface area (Å²) in [5.74, 6) is 0.227. The monoisotopic (exact) mass is 832 g/mol. The molecule has 4 fully saturated rings. The van der Waals surface area contributed by atoms with Crippen LogP contribution in [0.15, 0.2) is 49.1 Å². The maximum atomic E-state index is 14.9. The number of nitrogens with zero attached hydrogens (tertiary/aromatic N) is 7. The molecule has 0 bridgehead atoms. The predicted molar refractivity (Wildman–Crippen MR) is 210 cm³/mol. The molecule has 3 aromatic heterocycles. The number of rotatable bonds is 7. The Hall–Kier alpha value is -3.69. The highest BCUT2D eigenvalue weighted by molar-refractivity contribution is 14.1. The van der Waals surface area contributed by atoms with Gasteiger partial charge in [-0.2, -0.15) is 0 Å². The number of benzene rings is 1. The van der Waals surface area contributed by atoms with Gasteiger partial charge < -0.3 is 24.4 Å². The average Bonchev–Trinajstić information content (AvgIpc) is 3.62. The summed E-state index contributed by atoms with van der Waals surface area (Å²) >= 11 is 2.33. The van der Waals surface area contributed by atoms with Crippen LogP contribution < -0.4 is 10.2 Å². The Labute approximate surface area is 322 Å². The van der Waals surface area contributed by atoms with Crippen molar-refractivity contribution in [2.24, 2.45) is 5.41 Å². The standard InChI is InChI=1S/C40H46FIN8O3/c1-24(42)49-23-44-32-20-31(46-36(35(32)49)45-30-7-12-43-21-29(30)41)25-5-6-28-33(17-25)50(27-18-26(19-27)48-13-4-9-39(2,3)22-48)38(52)40(28)10-14-47(15-11-40)37(51)34-8-16-53-34/h5-7,12,17,20-21,23-24,26-27,34H,4,8-11,13-16,18-19,22H2,1-3H3,(H,43,45,46). The summed E-state index contributed by atoms with van der Waals surface area (Å²) in [6.07, 6.45) is 10.5. The molecular weight excluding hydrogens is 786 g/mol. The quantitative estimate of drug-likeness (QED) is 0.157. The van der Waals surface area contributed by atoms with Crippen LogP contribution in [0.1, 0.15) is 75.3 Å². The average molecular weight is 833 g/mol. The molecule has 4 aliphatic heterocycles. The Kier molecular flexibility index (Phi) is 8.76. The molecule has 2 unspecified atom stereocenters. The number of anilines is 3. The molecule has 13 heteroatoms. The van der Waals surface area contributed by atoms with E-state index in [1.807, 2.05) is 15.5 Å². The molecule has 53 heavy (non-hydrogen) atoms. The summed E-state index contributed by atoms with van der Waals surface area (Å²) in [4.78, 5) is 48.4. The lowest BCUT2D eigenvalue weighted by molar-refractivity contribution is -0.158. The lowest BCUT2D eigenvalue weighted by Gasteiger charge is -2.51. The smallest absolute Gasteiger partial charge is 0.251 e. The maximum absolute atomic E-state index is 14.9. The Morgan fingerprint density at radius 1 is 1.09 bits per heavy atom. The molecule has 2 atom stereocenters.